The zero-order chi connectivity index (χ0) is 25.0. The van der Waals surface area contributed by atoms with Crippen molar-refractivity contribution in [1.29, 1.82) is 0 Å². The van der Waals surface area contributed by atoms with Gasteiger partial charge in [-0.15, -0.1) is 0 Å². The van der Waals surface area contributed by atoms with Crippen LogP contribution in [0.15, 0.2) is 4.99 Å². The van der Waals surface area contributed by atoms with Crippen molar-refractivity contribution < 1.29 is 24.3 Å². The molecule has 0 aromatic heterocycles. The molecule has 0 aromatic carbocycles. The molecule has 0 saturated carbocycles. The first kappa shape index (κ1) is 28.1. The molecule has 188 valence electrons. The highest BCUT2D eigenvalue weighted by Gasteiger charge is 2.37. The molecule has 4 atom stereocenters. The van der Waals surface area contributed by atoms with Crippen molar-refractivity contribution >= 4 is 29.7 Å². The van der Waals surface area contributed by atoms with Gasteiger partial charge in [-0.1, -0.05) is 6.42 Å². The second kappa shape index (κ2) is 14.3. The Morgan fingerprint density at radius 1 is 1.12 bits per heavy atom. The Kier molecular flexibility index (Phi) is 12.1. The maximum absolute atomic E-state index is 12.9. The van der Waals surface area contributed by atoms with Gasteiger partial charge in [0.1, 0.15) is 18.1 Å². The van der Waals surface area contributed by atoms with Gasteiger partial charge in [-0.05, 0) is 52.0 Å². The highest BCUT2D eigenvalue weighted by atomic mass is 16.4. The van der Waals surface area contributed by atoms with E-state index in [1.54, 1.807) is 0 Å². The summed E-state index contributed by atoms with van der Waals surface area (Å²) >= 11 is 0. The van der Waals surface area contributed by atoms with Crippen LogP contribution < -0.4 is 33.6 Å². The normalized spacial score (nSPS) is 18.2. The number of amides is 3. The van der Waals surface area contributed by atoms with E-state index < -0.39 is 47.9 Å². The highest BCUT2D eigenvalue weighted by molar-refractivity contribution is 5.94. The van der Waals surface area contributed by atoms with Gasteiger partial charge in [-0.25, -0.2) is 4.79 Å². The van der Waals surface area contributed by atoms with Crippen molar-refractivity contribution in [1.82, 2.24) is 15.5 Å². The van der Waals surface area contributed by atoms with E-state index in [0.717, 1.165) is 6.42 Å². The van der Waals surface area contributed by atoms with E-state index in [4.69, 9.17) is 22.9 Å². The molecule has 11 N–H and O–H groups in total. The van der Waals surface area contributed by atoms with Crippen LogP contribution in [0.5, 0.6) is 0 Å². The topological polar surface area (TPSA) is 232 Å². The molecule has 1 aliphatic heterocycles. The number of rotatable bonds is 14. The number of nitrogens with one attached hydrogen (secondary N) is 2. The fourth-order valence-electron chi connectivity index (χ4n) is 3.60. The molecule has 1 fully saturated rings. The number of aliphatic carboxylic acids is 1. The first-order valence-electron chi connectivity index (χ1n) is 11.2. The monoisotopic (exact) mass is 470 g/mol. The zero-order valence-electron chi connectivity index (χ0n) is 19.2. The van der Waals surface area contributed by atoms with Crippen molar-refractivity contribution in [3.05, 3.63) is 0 Å². The number of carboxylic acids is 1. The van der Waals surface area contributed by atoms with Gasteiger partial charge in [-0.3, -0.25) is 19.4 Å². The number of aliphatic imine (C=N–C) groups is 1. The molecule has 0 bridgehead atoms. The molecule has 0 spiro atoms. The number of carbonyl (C=O) groups excluding carboxylic acids is 3. The number of guanidine groups is 1. The number of carbonyl (C=O) groups is 4. The summed E-state index contributed by atoms with van der Waals surface area (Å²) in [4.78, 5) is 54.6. The zero-order valence-corrected chi connectivity index (χ0v) is 19.2. The number of hydrogen-bond donors (Lipinski definition) is 7. The summed E-state index contributed by atoms with van der Waals surface area (Å²) in [6.45, 7) is 2.62. The van der Waals surface area contributed by atoms with E-state index in [9.17, 15) is 24.3 Å². The van der Waals surface area contributed by atoms with Gasteiger partial charge in [0.05, 0.1) is 6.04 Å². The number of likely N-dealkylation sites (tertiary alicyclic amines) is 1. The molecule has 3 amide bonds. The maximum atomic E-state index is 12.9. The minimum Gasteiger partial charge on any atom is -0.480 e. The Bertz CT molecular complexity index is 713. The predicted molar refractivity (Wildman–Crippen MR) is 123 cm³/mol. The fraction of sp³-hybridized carbons (Fsp3) is 0.750. The first-order valence-corrected chi connectivity index (χ1v) is 11.2. The third-order valence-electron chi connectivity index (χ3n) is 5.43. The van der Waals surface area contributed by atoms with E-state index in [0.29, 0.717) is 45.2 Å². The number of hydrogen-bond acceptors (Lipinski definition) is 7. The summed E-state index contributed by atoms with van der Waals surface area (Å²) in [5.41, 5.74) is 21.8. The number of carboxylic acid groups (broad SMARTS) is 1. The van der Waals surface area contributed by atoms with E-state index >= 15 is 0 Å². The molecule has 0 aliphatic carbocycles. The number of nitrogens with zero attached hydrogens (tertiary/aromatic N) is 2. The van der Waals surface area contributed by atoms with Gasteiger partial charge < -0.3 is 43.6 Å². The first-order chi connectivity index (χ1) is 15.6. The standard InChI is InChI=1S/C20H38N8O5/c1-12(26-16(29)13(22)6-2-3-9-21)18(31)28-11-5-8-15(28)17(30)27-14(19(32)33)7-4-10-25-20(23)24/h12-15H,2-11,21-22H2,1H3,(H,26,29)(H,27,30)(H,32,33)(H4,23,24,25). The third kappa shape index (κ3) is 9.61. The van der Waals surface area contributed by atoms with Gasteiger partial charge in [-0.2, -0.15) is 0 Å². The Labute approximate surface area is 193 Å². The molecular formula is C20H38N8O5. The van der Waals surface area contributed by atoms with Crippen LogP contribution in [0.2, 0.25) is 0 Å². The lowest BCUT2D eigenvalue weighted by molar-refractivity contribution is -0.144. The summed E-state index contributed by atoms with van der Waals surface area (Å²) in [6.07, 6.45) is 3.40. The lowest BCUT2D eigenvalue weighted by atomic mass is 10.1. The number of nitrogens with two attached hydrogens (primary N) is 4. The van der Waals surface area contributed by atoms with Crippen LogP contribution in [-0.2, 0) is 19.2 Å². The molecule has 4 unspecified atom stereocenters. The molecule has 1 aliphatic rings. The van der Waals surface area contributed by atoms with Gasteiger partial charge >= 0.3 is 5.97 Å². The predicted octanol–water partition coefficient (Wildman–Crippen LogP) is -2.44. The third-order valence-corrected chi connectivity index (χ3v) is 5.43. The van der Waals surface area contributed by atoms with Crippen molar-refractivity contribution in [2.24, 2.45) is 27.9 Å². The molecule has 0 aromatic rings. The van der Waals surface area contributed by atoms with Crippen LogP contribution in [0, 0.1) is 0 Å². The summed E-state index contributed by atoms with van der Waals surface area (Å²) in [6, 6.07) is -3.57. The Balaban J connectivity index is 2.66. The van der Waals surface area contributed by atoms with Crippen LogP contribution >= 0.6 is 0 Å². The summed E-state index contributed by atoms with van der Waals surface area (Å²) in [7, 11) is 0. The van der Waals surface area contributed by atoms with E-state index in [2.05, 4.69) is 15.6 Å². The van der Waals surface area contributed by atoms with Crippen LogP contribution in [0.25, 0.3) is 0 Å². The maximum Gasteiger partial charge on any atom is 0.326 e. The average molecular weight is 471 g/mol. The van der Waals surface area contributed by atoms with Gasteiger partial charge in [0.15, 0.2) is 5.96 Å². The Morgan fingerprint density at radius 3 is 2.42 bits per heavy atom. The van der Waals surface area contributed by atoms with Crippen molar-refractivity contribution in [3.63, 3.8) is 0 Å². The van der Waals surface area contributed by atoms with Crippen LogP contribution in [-0.4, -0.2) is 83.5 Å². The molecule has 33 heavy (non-hydrogen) atoms. The fourth-order valence-corrected chi connectivity index (χ4v) is 3.60. The second-order valence-corrected chi connectivity index (χ2v) is 8.16. The molecule has 0 radical (unpaired) electrons. The minimum absolute atomic E-state index is 0.0938. The van der Waals surface area contributed by atoms with E-state index in [1.807, 2.05) is 0 Å². The lowest BCUT2D eigenvalue weighted by Crippen LogP contribution is -2.56. The van der Waals surface area contributed by atoms with Gasteiger partial charge in [0, 0.05) is 13.1 Å². The molecule has 13 heteroatoms. The van der Waals surface area contributed by atoms with E-state index in [1.165, 1.54) is 11.8 Å². The minimum atomic E-state index is -1.19. The summed E-state index contributed by atoms with van der Waals surface area (Å²) < 4.78 is 0. The Morgan fingerprint density at radius 2 is 1.82 bits per heavy atom. The SMILES string of the molecule is CC(NC(=O)C(N)CCCCN)C(=O)N1CCCC1C(=O)NC(CCCN=C(N)N)C(=O)O. The largest absolute Gasteiger partial charge is 0.480 e. The molecular weight excluding hydrogens is 432 g/mol. The van der Waals surface area contributed by atoms with Crippen molar-refractivity contribution in [2.75, 3.05) is 19.6 Å². The van der Waals surface area contributed by atoms with Crippen LogP contribution in [0.3, 0.4) is 0 Å². The van der Waals surface area contributed by atoms with Gasteiger partial charge in [0.2, 0.25) is 17.7 Å². The van der Waals surface area contributed by atoms with Crippen LogP contribution in [0.1, 0.15) is 51.9 Å². The lowest BCUT2D eigenvalue weighted by Gasteiger charge is -2.28. The smallest absolute Gasteiger partial charge is 0.326 e. The van der Waals surface area contributed by atoms with Crippen molar-refractivity contribution in [2.45, 2.75) is 76.0 Å². The quantitative estimate of drug-likeness (QED) is 0.0810. The Hall–Kier alpha value is -2.93. The van der Waals surface area contributed by atoms with Crippen molar-refractivity contribution in [3.8, 4) is 0 Å². The summed E-state index contributed by atoms with van der Waals surface area (Å²) in [5.74, 6) is -2.70. The number of unbranched alkanes of at least 4 members (excludes halogenated alkanes) is 1. The molecule has 1 saturated heterocycles. The molecule has 1 heterocycles. The second-order valence-electron chi connectivity index (χ2n) is 8.16. The van der Waals surface area contributed by atoms with Crippen LogP contribution in [0.4, 0.5) is 0 Å². The van der Waals surface area contributed by atoms with Gasteiger partial charge in [0.25, 0.3) is 0 Å². The molecule has 1 rings (SSSR count). The van der Waals surface area contributed by atoms with E-state index in [-0.39, 0.29) is 18.9 Å². The summed E-state index contributed by atoms with van der Waals surface area (Å²) in [5, 5.41) is 14.5. The average Bonchev–Trinajstić information content (AvgIpc) is 3.24. The highest BCUT2D eigenvalue weighted by Crippen LogP contribution is 2.19. The molecule has 13 nitrogen and oxygen atoms in total.